The summed E-state index contributed by atoms with van der Waals surface area (Å²) in [7, 11) is 1.29. The second-order valence-electron chi connectivity index (χ2n) is 5.64. The molecule has 0 N–H and O–H groups in total. The Kier molecular flexibility index (Phi) is 4.81. The van der Waals surface area contributed by atoms with Gasteiger partial charge >= 0.3 is 0 Å². The van der Waals surface area contributed by atoms with Gasteiger partial charge in [0.1, 0.15) is 0 Å². The average molecular weight is 334 g/mol. The molecular formula is C22H16F2O. The Labute approximate surface area is 145 Å². The molecule has 3 heteroatoms. The molecule has 3 aromatic carbocycles. The van der Waals surface area contributed by atoms with Gasteiger partial charge in [-0.2, -0.15) is 4.39 Å². The second kappa shape index (κ2) is 7.19. The lowest BCUT2D eigenvalue weighted by molar-refractivity contribution is 0.371. The van der Waals surface area contributed by atoms with Gasteiger partial charge in [-0.05, 0) is 42.3 Å². The van der Waals surface area contributed by atoms with Crippen LogP contribution in [0.1, 0.15) is 16.7 Å². The zero-order valence-corrected chi connectivity index (χ0v) is 13.9. The molecule has 1 nitrogen and oxygen atoms in total. The zero-order valence-electron chi connectivity index (χ0n) is 13.9. The fraction of sp³-hybridized carbons (Fsp3) is 0.0909. The van der Waals surface area contributed by atoms with E-state index in [1.54, 1.807) is 0 Å². The molecule has 3 rings (SSSR count). The average Bonchev–Trinajstić information content (AvgIpc) is 2.64. The molecule has 124 valence electrons. The normalized spacial score (nSPS) is 10.1. The number of ether oxygens (including phenoxy) is 1. The maximum atomic E-state index is 13.9. The van der Waals surface area contributed by atoms with Gasteiger partial charge in [-0.25, -0.2) is 4.39 Å². The summed E-state index contributed by atoms with van der Waals surface area (Å²) in [6, 6.07) is 18.7. The molecule has 25 heavy (non-hydrogen) atoms. The van der Waals surface area contributed by atoms with E-state index in [1.165, 1.54) is 24.8 Å². The van der Waals surface area contributed by atoms with E-state index in [0.29, 0.717) is 0 Å². The van der Waals surface area contributed by atoms with E-state index in [-0.39, 0.29) is 11.3 Å². The van der Waals surface area contributed by atoms with Crippen molar-refractivity contribution in [1.29, 1.82) is 0 Å². The Morgan fingerprint density at radius 1 is 0.720 bits per heavy atom. The van der Waals surface area contributed by atoms with Crippen molar-refractivity contribution in [3.05, 3.63) is 89.0 Å². The molecular weight excluding hydrogens is 318 g/mol. The lowest BCUT2D eigenvalue weighted by Crippen LogP contribution is -1.95. The number of rotatable bonds is 2. The highest BCUT2D eigenvalue weighted by atomic mass is 19.2. The first-order chi connectivity index (χ1) is 12.1. The van der Waals surface area contributed by atoms with Crippen LogP contribution in [-0.4, -0.2) is 7.11 Å². The highest BCUT2D eigenvalue weighted by Crippen LogP contribution is 2.22. The lowest BCUT2D eigenvalue weighted by Gasteiger charge is -2.03. The topological polar surface area (TPSA) is 9.23 Å². The third-order valence-corrected chi connectivity index (χ3v) is 3.88. The monoisotopic (exact) mass is 334 g/mol. The Bertz CT molecular complexity index is 946. The maximum Gasteiger partial charge on any atom is 0.201 e. The second-order valence-corrected chi connectivity index (χ2v) is 5.64. The fourth-order valence-corrected chi connectivity index (χ4v) is 2.42. The molecule has 0 aromatic heterocycles. The Hall–Kier alpha value is -3.12. The van der Waals surface area contributed by atoms with Gasteiger partial charge in [0.15, 0.2) is 11.6 Å². The molecule has 0 aliphatic carbocycles. The minimum absolute atomic E-state index is 0.000844. The van der Waals surface area contributed by atoms with Crippen LogP contribution in [0.4, 0.5) is 8.78 Å². The molecule has 3 aromatic rings. The highest BCUT2D eigenvalue weighted by molar-refractivity contribution is 5.64. The van der Waals surface area contributed by atoms with Crippen molar-refractivity contribution >= 4 is 0 Å². The van der Waals surface area contributed by atoms with Gasteiger partial charge in [-0.15, -0.1) is 0 Å². The Morgan fingerprint density at radius 2 is 1.32 bits per heavy atom. The van der Waals surface area contributed by atoms with Crippen LogP contribution >= 0.6 is 0 Å². The summed E-state index contributed by atoms with van der Waals surface area (Å²) in [6.45, 7) is 2.05. The summed E-state index contributed by atoms with van der Waals surface area (Å²) in [4.78, 5) is 0. The predicted octanol–water partition coefficient (Wildman–Crippen LogP) is 5.35. The van der Waals surface area contributed by atoms with Gasteiger partial charge < -0.3 is 4.74 Å². The molecule has 0 fully saturated rings. The number of aryl methyl sites for hydroxylation is 1. The van der Waals surface area contributed by atoms with Gasteiger partial charge in [-0.3, -0.25) is 0 Å². The van der Waals surface area contributed by atoms with Crippen LogP contribution in [0.2, 0.25) is 0 Å². The molecule has 0 bridgehead atoms. The van der Waals surface area contributed by atoms with Crippen LogP contribution in [0.5, 0.6) is 5.75 Å². The van der Waals surface area contributed by atoms with Crippen molar-refractivity contribution in [2.24, 2.45) is 0 Å². The van der Waals surface area contributed by atoms with Crippen molar-refractivity contribution in [1.82, 2.24) is 0 Å². The molecule has 0 atom stereocenters. The third kappa shape index (κ3) is 3.70. The SMILES string of the molecule is COc1ccc(C#Cc2ccc(-c3ccc(C)cc3)cc2)c(F)c1F. The van der Waals surface area contributed by atoms with Crippen LogP contribution in [0.25, 0.3) is 11.1 Å². The zero-order chi connectivity index (χ0) is 17.8. The summed E-state index contributed by atoms with van der Waals surface area (Å²) >= 11 is 0. The Balaban J connectivity index is 1.84. The molecule has 0 spiro atoms. The van der Waals surface area contributed by atoms with E-state index < -0.39 is 11.6 Å². The summed E-state index contributed by atoms with van der Waals surface area (Å²) in [6.07, 6.45) is 0. The van der Waals surface area contributed by atoms with Gasteiger partial charge in [0.2, 0.25) is 5.82 Å². The van der Waals surface area contributed by atoms with Gasteiger partial charge in [-0.1, -0.05) is 53.8 Å². The van der Waals surface area contributed by atoms with Crippen molar-refractivity contribution in [3.63, 3.8) is 0 Å². The quantitative estimate of drug-likeness (QED) is 0.574. The van der Waals surface area contributed by atoms with E-state index in [0.717, 1.165) is 16.7 Å². The standard InChI is InChI=1S/C22H16F2O/c1-15-3-8-17(9-4-15)18-10-5-16(6-11-18)7-12-19-13-14-20(25-2)22(24)21(19)23/h3-6,8-11,13-14H,1-2H3. The minimum atomic E-state index is -1.02. The fourth-order valence-electron chi connectivity index (χ4n) is 2.42. The van der Waals surface area contributed by atoms with Gasteiger partial charge in [0.05, 0.1) is 12.7 Å². The van der Waals surface area contributed by atoms with Crippen LogP contribution in [0, 0.1) is 30.4 Å². The molecule has 0 saturated heterocycles. The number of hydrogen-bond acceptors (Lipinski definition) is 1. The summed E-state index contributed by atoms with van der Waals surface area (Å²) in [5, 5.41) is 0. The van der Waals surface area contributed by atoms with Crippen LogP contribution in [0.3, 0.4) is 0 Å². The molecule has 0 aliphatic heterocycles. The minimum Gasteiger partial charge on any atom is -0.494 e. The van der Waals surface area contributed by atoms with E-state index in [1.807, 2.05) is 31.2 Å². The van der Waals surface area contributed by atoms with Gasteiger partial charge in [0.25, 0.3) is 0 Å². The smallest absolute Gasteiger partial charge is 0.201 e. The largest absolute Gasteiger partial charge is 0.494 e. The van der Waals surface area contributed by atoms with Crippen molar-refractivity contribution in [2.75, 3.05) is 7.11 Å². The van der Waals surface area contributed by atoms with Crippen molar-refractivity contribution < 1.29 is 13.5 Å². The first-order valence-electron chi connectivity index (χ1n) is 7.79. The summed E-state index contributed by atoms with van der Waals surface area (Å²) < 4.78 is 32.3. The molecule has 0 unspecified atom stereocenters. The highest BCUT2D eigenvalue weighted by Gasteiger charge is 2.12. The number of hydrogen-bond donors (Lipinski definition) is 0. The predicted molar refractivity (Wildman–Crippen MR) is 95.5 cm³/mol. The van der Waals surface area contributed by atoms with Crippen molar-refractivity contribution in [2.45, 2.75) is 6.92 Å². The van der Waals surface area contributed by atoms with Crippen LogP contribution in [-0.2, 0) is 0 Å². The maximum absolute atomic E-state index is 13.9. The lowest BCUT2D eigenvalue weighted by atomic mass is 10.0. The Morgan fingerprint density at radius 3 is 1.92 bits per heavy atom. The van der Waals surface area contributed by atoms with Crippen molar-refractivity contribution in [3.8, 4) is 28.7 Å². The van der Waals surface area contributed by atoms with E-state index in [2.05, 4.69) is 36.1 Å². The van der Waals surface area contributed by atoms with E-state index >= 15 is 0 Å². The van der Waals surface area contributed by atoms with E-state index in [4.69, 9.17) is 4.74 Å². The third-order valence-electron chi connectivity index (χ3n) is 3.88. The number of methoxy groups -OCH3 is 1. The van der Waals surface area contributed by atoms with E-state index in [9.17, 15) is 8.78 Å². The van der Waals surface area contributed by atoms with Crippen LogP contribution in [0.15, 0.2) is 60.7 Å². The molecule has 0 aliphatic rings. The first-order valence-corrected chi connectivity index (χ1v) is 7.79. The molecule has 0 amide bonds. The molecule has 0 heterocycles. The molecule has 0 saturated carbocycles. The van der Waals surface area contributed by atoms with Gasteiger partial charge in [0, 0.05) is 5.56 Å². The first kappa shape index (κ1) is 16.7. The molecule has 0 radical (unpaired) electrons. The number of halogens is 2. The summed E-state index contributed by atoms with van der Waals surface area (Å²) in [5.41, 5.74) is 4.13. The summed E-state index contributed by atoms with van der Waals surface area (Å²) in [5.74, 6) is 3.37. The van der Waals surface area contributed by atoms with Crippen LogP contribution < -0.4 is 4.74 Å². The number of benzene rings is 3.